The molecule has 26 heavy (non-hydrogen) atoms. The molecule has 0 aliphatic rings. The summed E-state index contributed by atoms with van der Waals surface area (Å²) >= 11 is 1.26. The summed E-state index contributed by atoms with van der Waals surface area (Å²) in [6.07, 6.45) is 0. The molecule has 1 amide bonds. The summed E-state index contributed by atoms with van der Waals surface area (Å²) < 4.78 is 24.3. The minimum atomic E-state index is -0.299. The lowest BCUT2D eigenvalue weighted by Crippen LogP contribution is -2.21. The number of ether oxygens (including phenoxy) is 2. The molecule has 0 aliphatic carbocycles. The lowest BCUT2D eigenvalue weighted by atomic mass is 10.2. The lowest BCUT2D eigenvalue weighted by Gasteiger charge is -2.10. The van der Waals surface area contributed by atoms with Gasteiger partial charge in [-0.05, 0) is 35.9 Å². The van der Waals surface area contributed by atoms with E-state index in [0.717, 1.165) is 10.4 Å². The van der Waals surface area contributed by atoms with Crippen molar-refractivity contribution in [2.75, 3.05) is 14.2 Å². The Morgan fingerprint density at radius 1 is 1.04 bits per heavy atom. The average molecular weight is 371 g/mol. The minimum absolute atomic E-state index is 0.202. The Labute approximate surface area is 155 Å². The zero-order valence-corrected chi connectivity index (χ0v) is 15.2. The molecule has 2 aromatic carbocycles. The third-order valence-electron chi connectivity index (χ3n) is 3.87. The zero-order chi connectivity index (χ0) is 18.5. The molecule has 0 radical (unpaired) electrons. The van der Waals surface area contributed by atoms with Crippen LogP contribution in [0.4, 0.5) is 4.39 Å². The third kappa shape index (κ3) is 3.86. The molecule has 134 valence electrons. The van der Waals surface area contributed by atoms with E-state index in [9.17, 15) is 9.18 Å². The van der Waals surface area contributed by atoms with Gasteiger partial charge in [-0.2, -0.15) is 0 Å². The van der Waals surface area contributed by atoms with Crippen LogP contribution in [0.15, 0.2) is 54.6 Å². The predicted molar refractivity (Wildman–Crippen MR) is 100 cm³/mol. The number of rotatable bonds is 6. The Balaban J connectivity index is 1.69. The Kier molecular flexibility index (Phi) is 5.53. The van der Waals surface area contributed by atoms with Crippen LogP contribution < -0.4 is 14.8 Å². The number of thiophene rings is 1. The molecule has 0 unspecified atom stereocenters. The first-order chi connectivity index (χ1) is 12.6. The fourth-order valence-corrected chi connectivity index (χ4v) is 3.48. The molecule has 3 rings (SSSR count). The quantitative estimate of drug-likeness (QED) is 0.694. The molecule has 0 saturated carbocycles. The van der Waals surface area contributed by atoms with Gasteiger partial charge in [-0.1, -0.05) is 24.3 Å². The van der Waals surface area contributed by atoms with Gasteiger partial charge in [-0.15, -0.1) is 11.3 Å². The van der Waals surface area contributed by atoms with Gasteiger partial charge in [0.25, 0.3) is 5.91 Å². The first-order valence-electron chi connectivity index (χ1n) is 7.96. The van der Waals surface area contributed by atoms with Crippen LogP contribution >= 0.6 is 11.3 Å². The van der Waals surface area contributed by atoms with Crippen LogP contribution in [0.3, 0.4) is 0 Å². The summed E-state index contributed by atoms with van der Waals surface area (Å²) in [6.45, 7) is 0.353. The summed E-state index contributed by atoms with van der Waals surface area (Å²) in [5.74, 6) is 0.742. The van der Waals surface area contributed by atoms with Gasteiger partial charge in [0.15, 0.2) is 11.5 Å². The molecule has 3 aromatic rings. The van der Waals surface area contributed by atoms with Crippen molar-refractivity contribution in [2.45, 2.75) is 6.54 Å². The molecule has 1 heterocycles. The molecule has 1 aromatic heterocycles. The van der Waals surface area contributed by atoms with Crippen LogP contribution in [-0.4, -0.2) is 20.1 Å². The van der Waals surface area contributed by atoms with Crippen LogP contribution in [0.2, 0.25) is 0 Å². The second-order valence-electron chi connectivity index (χ2n) is 5.52. The molecule has 0 saturated heterocycles. The normalized spacial score (nSPS) is 10.4. The molecule has 1 N–H and O–H groups in total. The van der Waals surface area contributed by atoms with E-state index in [1.54, 1.807) is 50.6 Å². The van der Waals surface area contributed by atoms with Crippen molar-refractivity contribution in [1.29, 1.82) is 0 Å². The number of carbonyl (C=O) groups excluding carboxylic acids is 1. The fraction of sp³-hybridized carbons (Fsp3) is 0.150. The fourth-order valence-electron chi connectivity index (χ4n) is 2.53. The van der Waals surface area contributed by atoms with Gasteiger partial charge < -0.3 is 14.8 Å². The smallest absolute Gasteiger partial charge is 0.261 e. The van der Waals surface area contributed by atoms with E-state index in [4.69, 9.17) is 9.47 Å². The van der Waals surface area contributed by atoms with Crippen LogP contribution in [0.5, 0.6) is 11.5 Å². The summed E-state index contributed by atoms with van der Waals surface area (Å²) in [5, 5.41) is 2.86. The van der Waals surface area contributed by atoms with E-state index >= 15 is 0 Å². The molecule has 0 atom stereocenters. The molecular weight excluding hydrogens is 353 g/mol. The van der Waals surface area contributed by atoms with Gasteiger partial charge >= 0.3 is 0 Å². The van der Waals surface area contributed by atoms with Gasteiger partial charge in [-0.25, -0.2) is 4.39 Å². The number of hydrogen-bond donors (Lipinski definition) is 1. The maximum absolute atomic E-state index is 13.9. The number of carbonyl (C=O) groups is 1. The maximum atomic E-state index is 13.9. The maximum Gasteiger partial charge on any atom is 0.261 e. The van der Waals surface area contributed by atoms with Crippen LogP contribution in [0.1, 0.15) is 15.2 Å². The summed E-state index contributed by atoms with van der Waals surface area (Å²) in [5.41, 5.74) is 1.39. The van der Waals surface area contributed by atoms with Crippen molar-refractivity contribution in [1.82, 2.24) is 5.32 Å². The highest BCUT2D eigenvalue weighted by molar-refractivity contribution is 7.17. The van der Waals surface area contributed by atoms with Crippen molar-refractivity contribution >= 4 is 17.2 Å². The highest BCUT2D eigenvalue weighted by Crippen LogP contribution is 2.30. The molecule has 0 bridgehead atoms. The van der Waals surface area contributed by atoms with Crippen molar-refractivity contribution in [2.24, 2.45) is 0 Å². The highest BCUT2D eigenvalue weighted by atomic mass is 32.1. The van der Waals surface area contributed by atoms with E-state index < -0.39 is 0 Å². The second-order valence-corrected chi connectivity index (χ2v) is 6.60. The Morgan fingerprint density at radius 3 is 2.54 bits per heavy atom. The summed E-state index contributed by atoms with van der Waals surface area (Å²) in [6, 6.07) is 15.5. The third-order valence-corrected chi connectivity index (χ3v) is 4.99. The summed E-state index contributed by atoms with van der Waals surface area (Å²) in [7, 11) is 3.14. The largest absolute Gasteiger partial charge is 0.493 e. The lowest BCUT2D eigenvalue weighted by molar-refractivity contribution is 0.0955. The predicted octanol–water partition coefficient (Wildman–Crippen LogP) is 4.50. The Morgan fingerprint density at radius 2 is 1.81 bits per heavy atom. The minimum Gasteiger partial charge on any atom is -0.493 e. The van der Waals surface area contributed by atoms with Crippen molar-refractivity contribution < 1.29 is 18.7 Å². The van der Waals surface area contributed by atoms with Crippen LogP contribution in [-0.2, 0) is 6.54 Å². The molecular formula is C20H18FNO3S. The number of amides is 1. The Bertz CT molecular complexity index is 923. The van der Waals surface area contributed by atoms with E-state index in [0.29, 0.717) is 28.5 Å². The topological polar surface area (TPSA) is 47.6 Å². The van der Waals surface area contributed by atoms with Crippen molar-refractivity contribution in [3.05, 3.63) is 70.9 Å². The van der Waals surface area contributed by atoms with E-state index in [1.165, 1.54) is 17.4 Å². The number of halogens is 1. The highest BCUT2D eigenvalue weighted by Gasteiger charge is 2.13. The number of hydrogen-bond acceptors (Lipinski definition) is 4. The van der Waals surface area contributed by atoms with Gasteiger partial charge in [0.1, 0.15) is 5.82 Å². The zero-order valence-electron chi connectivity index (χ0n) is 14.4. The van der Waals surface area contributed by atoms with Gasteiger partial charge in [0, 0.05) is 17.0 Å². The number of methoxy groups -OCH3 is 2. The average Bonchev–Trinajstić information content (AvgIpc) is 3.16. The van der Waals surface area contributed by atoms with E-state index in [2.05, 4.69) is 5.32 Å². The van der Waals surface area contributed by atoms with Crippen LogP contribution in [0.25, 0.3) is 10.4 Å². The van der Waals surface area contributed by atoms with Gasteiger partial charge in [-0.3, -0.25) is 4.79 Å². The van der Waals surface area contributed by atoms with Crippen molar-refractivity contribution in [3.8, 4) is 21.9 Å². The standard InChI is InChI=1S/C20H18FNO3S/c1-24-16-8-7-13(11-17(16)25-2)12-22-20(23)19-10-9-18(26-19)14-5-3-4-6-15(14)21/h3-11H,12H2,1-2H3,(H,22,23). The van der Waals surface area contributed by atoms with Gasteiger partial charge in [0.05, 0.1) is 19.1 Å². The summed E-state index contributed by atoms with van der Waals surface area (Å²) in [4.78, 5) is 13.6. The molecule has 0 aliphatic heterocycles. The molecule has 4 nitrogen and oxygen atoms in total. The van der Waals surface area contributed by atoms with E-state index in [-0.39, 0.29) is 11.7 Å². The van der Waals surface area contributed by atoms with Crippen LogP contribution in [0, 0.1) is 5.82 Å². The molecule has 0 fully saturated rings. The second kappa shape index (κ2) is 8.01. The first kappa shape index (κ1) is 17.9. The molecule has 0 spiro atoms. The monoisotopic (exact) mass is 371 g/mol. The number of nitrogens with one attached hydrogen (secondary N) is 1. The van der Waals surface area contributed by atoms with E-state index in [1.807, 2.05) is 12.1 Å². The Hall–Kier alpha value is -2.86. The van der Waals surface area contributed by atoms with Crippen molar-refractivity contribution in [3.63, 3.8) is 0 Å². The SMILES string of the molecule is COc1ccc(CNC(=O)c2ccc(-c3ccccc3F)s2)cc1OC. The molecule has 6 heteroatoms. The number of benzene rings is 2. The first-order valence-corrected chi connectivity index (χ1v) is 8.78. The van der Waals surface area contributed by atoms with Gasteiger partial charge in [0.2, 0.25) is 0 Å².